The molecular formula is C18H18ClN3O2. The highest BCUT2D eigenvalue weighted by molar-refractivity contribution is 6.32. The average Bonchev–Trinajstić information content (AvgIpc) is 2.95. The van der Waals surface area contributed by atoms with Crippen LogP contribution in [0.5, 0.6) is 5.75 Å². The fourth-order valence-corrected chi connectivity index (χ4v) is 2.79. The highest BCUT2D eigenvalue weighted by Gasteiger charge is 2.08. The van der Waals surface area contributed by atoms with Crippen LogP contribution in [0, 0.1) is 6.92 Å². The number of rotatable bonds is 5. The lowest BCUT2D eigenvalue weighted by molar-refractivity contribution is -0.116. The maximum atomic E-state index is 12.1. The van der Waals surface area contributed by atoms with Gasteiger partial charge >= 0.3 is 0 Å². The number of hydrogen-bond acceptors (Lipinski definition) is 3. The number of ether oxygens (including phenoxy) is 1. The van der Waals surface area contributed by atoms with Crippen molar-refractivity contribution in [2.75, 3.05) is 12.4 Å². The molecule has 0 radical (unpaired) electrons. The summed E-state index contributed by atoms with van der Waals surface area (Å²) in [5.74, 6) is 0.487. The van der Waals surface area contributed by atoms with Crippen molar-refractivity contribution in [3.05, 3.63) is 53.2 Å². The predicted octanol–water partition coefficient (Wildman–Crippen LogP) is 4.04. The van der Waals surface area contributed by atoms with Gasteiger partial charge in [-0.3, -0.25) is 9.48 Å². The van der Waals surface area contributed by atoms with Crippen LogP contribution in [0.3, 0.4) is 0 Å². The monoisotopic (exact) mass is 343 g/mol. The van der Waals surface area contributed by atoms with E-state index in [0.717, 1.165) is 10.9 Å². The lowest BCUT2D eigenvalue weighted by atomic mass is 10.2. The third-order valence-electron chi connectivity index (χ3n) is 3.79. The quantitative estimate of drug-likeness (QED) is 0.760. The molecular weight excluding hydrogens is 326 g/mol. The molecule has 0 saturated carbocycles. The van der Waals surface area contributed by atoms with E-state index in [1.54, 1.807) is 25.3 Å². The van der Waals surface area contributed by atoms with Crippen molar-refractivity contribution in [1.29, 1.82) is 0 Å². The van der Waals surface area contributed by atoms with Crippen LogP contribution < -0.4 is 10.1 Å². The molecule has 0 spiro atoms. The van der Waals surface area contributed by atoms with Crippen molar-refractivity contribution in [3.8, 4) is 5.75 Å². The van der Waals surface area contributed by atoms with E-state index in [9.17, 15) is 4.79 Å². The van der Waals surface area contributed by atoms with Gasteiger partial charge in [0.15, 0.2) is 0 Å². The van der Waals surface area contributed by atoms with Gasteiger partial charge in [-0.2, -0.15) is 5.10 Å². The number of nitrogens with zero attached hydrogens (tertiary/aromatic N) is 2. The number of anilines is 1. The maximum absolute atomic E-state index is 12.1. The Bertz CT molecular complexity index is 889. The van der Waals surface area contributed by atoms with E-state index in [2.05, 4.69) is 22.5 Å². The molecule has 124 valence electrons. The number of carbonyl (C=O) groups is 1. The molecule has 0 atom stereocenters. The molecule has 1 heterocycles. The molecule has 3 aromatic rings. The van der Waals surface area contributed by atoms with E-state index in [4.69, 9.17) is 16.3 Å². The van der Waals surface area contributed by atoms with Gasteiger partial charge in [-0.1, -0.05) is 23.7 Å². The highest BCUT2D eigenvalue weighted by atomic mass is 35.5. The predicted molar refractivity (Wildman–Crippen MR) is 95.7 cm³/mol. The van der Waals surface area contributed by atoms with Gasteiger partial charge in [0.05, 0.1) is 30.4 Å². The summed E-state index contributed by atoms with van der Waals surface area (Å²) in [6.07, 6.45) is 2.14. The number of benzene rings is 2. The maximum Gasteiger partial charge on any atom is 0.226 e. The number of aryl methyl sites for hydroxylation is 2. The number of fused-ring (bicyclic) bond motifs is 1. The number of aromatic nitrogens is 2. The molecule has 1 aromatic heterocycles. The Morgan fingerprint density at radius 2 is 2.12 bits per heavy atom. The van der Waals surface area contributed by atoms with Crippen molar-refractivity contribution >= 4 is 34.1 Å². The molecule has 0 fully saturated rings. The largest absolute Gasteiger partial charge is 0.495 e. The SMILES string of the molecule is COc1ccc(NC(=O)CCn2ncc3ccc(C)cc32)cc1Cl. The molecule has 0 aliphatic rings. The standard InChI is InChI=1S/C18H18ClN3O2/c1-12-3-4-13-11-20-22(16(13)9-12)8-7-18(23)21-14-5-6-17(24-2)15(19)10-14/h3-6,9-11H,7-8H2,1-2H3,(H,21,23). The number of halogens is 1. The minimum absolute atomic E-state index is 0.0902. The smallest absolute Gasteiger partial charge is 0.226 e. The first-order valence-corrected chi connectivity index (χ1v) is 8.00. The van der Waals surface area contributed by atoms with Gasteiger partial charge in [0.2, 0.25) is 5.91 Å². The van der Waals surface area contributed by atoms with E-state index in [1.807, 2.05) is 23.9 Å². The van der Waals surface area contributed by atoms with Crippen molar-refractivity contribution < 1.29 is 9.53 Å². The molecule has 1 amide bonds. The van der Waals surface area contributed by atoms with Crippen LogP contribution in [0.2, 0.25) is 5.02 Å². The van der Waals surface area contributed by atoms with Crippen molar-refractivity contribution in [2.45, 2.75) is 19.9 Å². The molecule has 2 aromatic carbocycles. The fourth-order valence-electron chi connectivity index (χ4n) is 2.53. The van der Waals surface area contributed by atoms with Gasteiger partial charge in [0, 0.05) is 17.5 Å². The fraction of sp³-hybridized carbons (Fsp3) is 0.222. The number of nitrogens with one attached hydrogen (secondary N) is 1. The summed E-state index contributed by atoms with van der Waals surface area (Å²) in [6.45, 7) is 2.56. The van der Waals surface area contributed by atoms with Gasteiger partial charge in [0.25, 0.3) is 0 Å². The molecule has 0 aliphatic carbocycles. The number of carbonyl (C=O) groups excluding carboxylic acids is 1. The minimum Gasteiger partial charge on any atom is -0.495 e. The summed E-state index contributed by atoms with van der Waals surface area (Å²) in [7, 11) is 1.55. The van der Waals surface area contributed by atoms with Gasteiger partial charge in [0.1, 0.15) is 5.75 Å². The summed E-state index contributed by atoms with van der Waals surface area (Å²) >= 11 is 6.06. The minimum atomic E-state index is -0.0902. The average molecular weight is 344 g/mol. The topological polar surface area (TPSA) is 56.1 Å². The summed E-state index contributed by atoms with van der Waals surface area (Å²) in [6, 6.07) is 11.3. The molecule has 24 heavy (non-hydrogen) atoms. The van der Waals surface area contributed by atoms with Crippen molar-refractivity contribution in [1.82, 2.24) is 9.78 Å². The molecule has 0 bridgehead atoms. The first-order chi connectivity index (χ1) is 11.6. The highest BCUT2D eigenvalue weighted by Crippen LogP contribution is 2.27. The summed E-state index contributed by atoms with van der Waals surface area (Å²) in [5.41, 5.74) is 2.85. The second-order valence-corrected chi connectivity index (χ2v) is 5.98. The van der Waals surface area contributed by atoms with E-state index < -0.39 is 0 Å². The Hall–Kier alpha value is -2.53. The Kier molecular flexibility index (Phi) is 4.71. The molecule has 0 saturated heterocycles. The van der Waals surface area contributed by atoms with Crippen LogP contribution in [-0.4, -0.2) is 22.8 Å². The van der Waals surface area contributed by atoms with Crippen LogP contribution in [0.4, 0.5) is 5.69 Å². The van der Waals surface area contributed by atoms with E-state index >= 15 is 0 Å². The Morgan fingerprint density at radius 3 is 2.88 bits per heavy atom. The summed E-state index contributed by atoms with van der Waals surface area (Å²) in [4.78, 5) is 12.1. The van der Waals surface area contributed by atoms with Crippen LogP contribution >= 0.6 is 11.6 Å². The first-order valence-electron chi connectivity index (χ1n) is 7.62. The lowest BCUT2D eigenvalue weighted by Crippen LogP contribution is -2.15. The van der Waals surface area contributed by atoms with Crippen LogP contribution in [0.25, 0.3) is 10.9 Å². The number of hydrogen-bond donors (Lipinski definition) is 1. The zero-order chi connectivity index (χ0) is 17.1. The second kappa shape index (κ2) is 6.93. The van der Waals surface area contributed by atoms with Gasteiger partial charge in [-0.25, -0.2) is 0 Å². The van der Waals surface area contributed by atoms with Crippen molar-refractivity contribution in [3.63, 3.8) is 0 Å². The van der Waals surface area contributed by atoms with E-state index in [0.29, 0.717) is 29.4 Å². The molecule has 5 nitrogen and oxygen atoms in total. The Morgan fingerprint density at radius 1 is 1.29 bits per heavy atom. The molecule has 0 aliphatic heterocycles. The molecule has 0 unspecified atom stereocenters. The lowest BCUT2D eigenvalue weighted by Gasteiger charge is -2.08. The summed E-state index contributed by atoms with van der Waals surface area (Å²) < 4.78 is 6.95. The van der Waals surface area contributed by atoms with Gasteiger partial charge < -0.3 is 10.1 Å². The van der Waals surface area contributed by atoms with Crippen molar-refractivity contribution in [2.24, 2.45) is 0 Å². The Labute approximate surface area is 145 Å². The Balaban J connectivity index is 1.64. The third kappa shape index (κ3) is 3.51. The van der Waals surface area contributed by atoms with E-state index in [-0.39, 0.29) is 5.91 Å². The van der Waals surface area contributed by atoms with Crippen LogP contribution in [-0.2, 0) is 11.3 Å². The summed E-state index contributed by atoms with van der Waals surface area (Å²) in [5, 5.41) is 8.72. The van der Waals surface area contributed by atoms with E-state index in [1.165, 1.54) is 5.56 Å². The zero-order valence-electron chi connectivity index (χ0n) is 13.5. The van der Waals surface area contributed by atoms with Gasteiger partial charge in [-0.05, 0) is 36.8 Å². The number of methoxy groups -OCH3 is 1. The zero-order valence-corrected chi connectivity index (χ0v) is 14.3. The molecule has 6 heteroatoms. The number of amides is 1. The van der Waals surface area contributed by atoms with Crippen LogP contribution in [0.15, 0.2) is 42.6 Å². The van der Waals surface area contributed by atoms with Crippen LogP contribution in [0.1, 0.15) is 12.0 Å². The normalized spacial score (nSPS) is 10.8. The van der Waals surface area contributed by atoms with Gasteiger partial charge in [-0.15, -0.1) is 0 Å². The second-order valence-electron chi connectivity index (χ2n) is 5.58. The molecule has 3 rings (SSSR count). The first kappa shape index (κ1) is 16.3. The molecule has 1 N–H and O–H groups in total. The third-order valence-corrected chi connectivity index (χ3v) is 4.08.